The summed E-state index contributed by atoms with van der Waals surface area (Å²) in [6.45, 7) is 4.52. The number of nitrogens with zero attached hydrogens (tertiary/aromatic N) is 2. The highest BCUT2D eigenvalue weighted by atomic mass is 16.5. The van der Waals surface area contributed by atoms with Crippen molar-refractivity contribution in [1.82, 2.24) is 9.78 Å². The number of fused-ring (bicyclic) bond motifs is 2. The van der Waals surface area contributed by atoms with E-state index < -0.39 is 0 Å². The second-order valence-corrected chi connectivity index (χ2v) is 7.58. The first-order chi connectivity index (χ1) is 11.6. The van der Waals surface area contributed by atoms with Crippen LogP contribution in [0.25, 0.3) is 5.69 Å². The van der Waals surface area contributed by atoms with Crippen LogP contribution in [-0.4, -0.2) is 22.4 Å². The molecule has 0 N–H and O–H groups in total. The van der Waals surface area contributed by atoms with Crippen LogP contribution in [0.1, 0.15) is 53.8 Å². The topological polar surface area (TPSA) is 44.1 Å². The van der Waals surface area contributed by atoms with E-state index in [0.717, 1.165) is 23.0 Å². The zero-order valence-corrected chi connectivity index (χ0v) is 14.4. The first-order valence-corrected chi connectivity index (χ1v) is 8.86. The lowest BCUT2D eigenvalue weighted by molar-refractivity contribution is 0.0296. The maximum absolute atomic E-state index is 12.7. The molecule has 4 heteroatoms. The van der Waals surface area contributed by atoms with Crippen molar-refractivity contribution in [3.05, 3.63) is 47.3 Å². The second kappa shape index (κ2) is 5.76. The van der Waals surface area contributed by atoms with E-state index in [2.05, 4.69) is 5.10 Å². The van der Waals surface area contributed by atoms with Crippen molar-refractivity contribution in [3.8, 4) is 5.69 Å². The third-order valence-corrected chi connectivity index (χ3v) is 5.76. The standard InChI is InChI=1S/C20H24N2O2/c1-14-11-15(2)22(21-14)18-6-4-3-5-17(18)19(23)24-13-20-9-7-16(12-20)8-10-20/h3-6,11,16H,7-10,12-13H2,1-2H3. The first kappa shape index (κ1) is 15.4. The fourth-order valence-electron chi connectivity index (χ4n) is 4.51. The van der Waals surface area contributed by atoms with Gasteiger partial charge in [-0.05, 0) is 70.1 Å². The molecule has 126 valence electrons. The Morgan fingerprint density at radius 3 is 2.67 bits per heavy atom. The van der Waals surface area contributed by atoms with Gasteiger partial charge in [-0.15, -0.1) is 0 Å². The van der Waals surface area contributed by atoms with E-state index in [1.807, 2.05) is 48.9 Å². The van der Waals surface area contributed by atoms with E-state index in [-0.39, 0.29) is 11.4 Å². The highest BCUT2D eigenvalue weighted by Crippen LogP contribution is 2.54. The summed E-state index contributed by atoms with van der Waals surface area (Å²) in [5.74, 6) is 0.633. The molecule has 4 rings (SSSR count). The van der Waals surface area contributed by atoms with Gasteiger partial charge >= 0.3 is 5.97 Å². The molecule has 1 aromatic heterocycles. The Morgan fingerprint density at radius 1 is 1.29 bits per heavy atom. The van der Waals surface area contributed by atoms with E-state index in [1.165, 1.54) is 32.1 Å². The van der Waals surface area contributed by atoms with Gasteiger partial charge in [0.25, 0.3) is 0 Å². The predicted molar refractivity (Wildman–Crippen MR) is 92.3 cm³/mol. The number of benzene rings is 1. The fourth-order valence-corrected chi connectivity index (χ4v) is 4.51. The molecule has 0 atom stereocenters. The zero-order chi connectivity index (χ0) is 16.7. The molecule has 2 aromatic rings. The second-order valence-electron chi connectivity index (χ2n) is 7.58. The van der Waals surface area contributed by atoms with Crippen molar-refractivity contribution in [3.63, 3.8) is 0 Å². The number of esters is 1. The molecule has 2 fully saturated rings. The summed E-state index contributed by atoms with van der Waals surface area (Å²) in [6.07, 6.45) is 6.27. The van der Waals surface area contributed by atoms with Gasteiger partial charge in [0.05, 0.1) is 23.6 Å². The minimum atomic E-state index is -0.233. The highest BCUT2D eigenvalue weighted by molar-refractivity contribution is 5.93. The molecular weight excluding hydrogens is 300 g/mol. The molecule has 0 aliphatic heterocycles. The number of hydrogen-bond donors (Lipinski definition) is 0. The number of hydrogen-bond acceptors (Lipinski definition) is 3. The van der Waals surface area contributed by atoms with Crippen molar-refractivity contribution < 1.29 is 9.53 Å². The Morgan fingerprint density at radius 2 is 2.04 bits per heavy atom. The molecule has 0 saturated heterocycles. The molecule has 0 amide bonds. The molecule has 0 spiro atoms. The van der Waals surface area contributed by atoms with Crippen LogP contribution in [0.5, 0.6) is 0 Å². The summed E-state index contributed by atoms with van der Waals surface area (Å²) in [6, 6.07) is 9.58. The van der Waals surface area contributed by atoms with Gasteiger partial charge < -0.3 is 4.74 Å². The zero-order valence-electron chi connectivity index (χ0n) is 14.4. The van der Waals surface area contributed by atoms with Gasteiger partial charge in [0.1, 0.15) is 0 Å². The van der Waals surface area contributed by atoms with E-state index >= 15 is 0 Å². The molecule has 24 heavy (non-hydrogen) atoms. The molecule has 2 bridgehead atoms. The minimum Gasteiger partial charge on any atom is -0.461 e. The van der Waals surface area contributed by atoms with Gasteiger partial charge in [-0.25, -0.2) is 9.48 Å². The Balaban J connectivity index is 1.56. The van der Waals surface area contributed by atoms with Crippen LogP contribution < -0.4 is 0 Å². The van der Waals surface area contributed by atoms with Crippen molar-refractivity contribution in [2.75, 3.05) is 6.61 Å². The third-order valence-electron chi connectivity index (χ3n) is 5.76. The van der Waals surface area contributed by atoms with Crippen LogP contribution in [-0.2, 0) is 4.74 Å². The minimum absolute atomic E-state index is 0.233. The molecule has 2 saturated carbocycles. The van der Waals surface area contributed by atoms with Crippen molar-refractivity contribution in [1.29, 1.82) is 0 Å². The van der Waals surface area contributed by atoms with E-state index in [0.29, 0.717) is 12.2 Å². The number of aromatic nitrogens is 2. The number of aryl methyl sites for hydroxylation is 2. The van der Waals surface area contributed by atoms with Gasteiger partial charge in [-0.1, -0.05) is 12.1 Å². The quantitative estimate of drug-likeness (QED) is 0.791. The van der Waals surface area contributed by atoms with Crippen LogP contribution >= 0.6 is 0 Å². The van der Waals surface area contributed by atoms with Crippen LogP contribution in [0.3, 0.4) is 0 Å². The summed E-state index contributed by atoms with van der Waals surface area (Å²) in [7, 11) is 0. The van der Waals surface area contributed by atoms with Crippen molar-refractivity contribution >= 4 is 5.97 Å². The third kappa shape index (κ3) is 2.64. The summed E-state index contributed by atoms with van der Waals surface area (Å²) < 4.78 is 7.59. The first-order valence-electron chi connectivity index (χ1n) is 8.86. The lowest BCUT2D eigenvalue weighted by atomic mass is 9.85. The van der Waals surface area contributed by atoms with E-state index in [1.54, 1.807) is 0 Å². The lowest BCUT2D eigenvalue weighted by Crippen LogP contribution is -2.24. The Labute approximate surface area is 142 Å². The largest absolute Gasteiger partial charge is 0.461 e. The molecule has 2 aliphatic carbocycles. The predicted octanol–water partition coefficient (Wildman–Crippen LogP) is 4.23. The maximum Gasteiger partial charge on any atom is 0.340 e. The molecule has 0 unspecified atom stereocenters. The van der Waals surface area contributed by atoms with Crippen LogP contribution in [0.2, 0.25) is 0 Å². The molecule has 2 aliphatic rings. The summed E-state index contributed by atoms with van der Waals surface area (Å²) >= 11 is 0. The smallest absolute Gasteiger partial charge is 0.340 e. The number of para-hydroxylation sites is 1. The Bertz CT molecular complexity index is 770. The van der Waals surface area contributed by atoms with Gasteiger partial charge in [0.15, 0.2) is 0 Å². The van der Waals surface area contributed by atoms with Crippen molar-refractivity contribution in [2.24, 2.45) is 11.3 Å². The average Bonchev–Trinajstić information content (AvgIpc) is 3.27. The number of carbonyl (C=O) groups is 1. The van der Waals surface area contributed by atoms with Crippen LogP contribution in [0, 0.1) is 25.2 Å². The number of carbonyl (C=O) groups excluding carboxylic acids is 1. The molecule has 0 radical (unpaired) electrons. The molecule has 1 heterocycles. The maximum atomic E-state index is 12.7. The lowest BCUT2D eigenvalue weighted by Gasteiger charge is -2.25. The fraction of sp³-hybridized carbons (Fsp3) is 0.500. The Hall–Kier alpha value is -2.10. The van der Waals surface area contributed by atoms with Gasteiger partial charge in [0.2, 0.25) is 0 Å². The highest BCUT2D eigenvalue weighted by Gasteiger charge is 2.45. The number of ether oxygens (including phenoxy) is 1. The summed E-state index contributed by atoms with van der Waals surface area (Å²) in [5, 5.41) is 4.51. The summed E-state index contributed by atoms with van der Waals surface area (Å²) in [5.41, 5.74) is 3.60. The van der Waals surface area contributed by atoms with Crippen LogP contribution in [0.4, 0.5) is 0 Å². The van der Waals surface area contributed by atoms with E-state index in [9.17, 15) is 4.79 Å². The van der Waals surface area contributed by atoms with Crippen molar-refractivity contribution in [2.45, 2.75) is 46.0 Å². The Kier molecular flexibility index (Phi) is 3.70. The number of rotatable bonds is 4. The van der Waals surface area contributed by atoms with Crippen LogP contribution in [0.15, 0.2) is 30.3 Å². The monoisotopic (exact) mass is 324 g/mol. The summed E-state index contributed by atoms with van der Waals surface area (Å²) in [4.78, 5) is 12.7. The average molecular weight is 324 g/mol. The van der Waals surface area contributed by atoms with Gasteiger partial charge in [-0.2, -0.15) is 5.10 Å². The molecular formula is C20H24N2O2. The van der Waals surface area contributed by atoms with E-state index in [4.69, 9.17) is 4.74 Å². The molecule has 1 aromatic carbocycles. The normalized spacial score (nSPS) is 25.2. The SMILES string of the molecule is Cc1cc(C)n(-c2ccccc2C(=O)OCC23CCC(CC2)C3)n1. The molecule has 4 nitrogen and oxygen atoms in total. The van der Waals surface area contributed by atoms with Gasteiger partial charge in [0, 0.05) is 11.1 Å². The van der Waals surface area contributed by atoms with Gasteiger partial charge in [-0.3, -0.25) is 0 Å².